The van der Waals surface area contributed by atoms with Crippen LogP contribution in [0.3, 0.4) is 0 Å². The molecular formula is C8H22N2. The second-order valence-electron chi connectivity index (χ2n) is 3.65. The van der Waals surface area contributed by atoms with Gasteiger partial charge in [-0.2, -0.15) is 0 Å². The lowest BCUT2D eigenvalue weighted by molar-refractivity contribution is 0.340. The lowest BCUT2D eigenvalue weighted by Crippen LogP contribution is -2.31. The van der Waals surface area contributed by atoms with E-state index in [9.17, 15) is 0 Å². The van der Waals surface area contributed by atoms with Gasteiger partial charge in [-0.25, -0.2) is 0 Å². The van der Waals surface area contributed by atoms with Crippen LogP contribution in [-0.2, 0) is 0 Å². The quantitative estimate of drug-likeness (QED) is 0.539. The highest BCUT2D eigenvalue weighted by atomic mass is 14.7. The van der Waals surface area contributed by atoms with Gasteiger partial charge in [-0.15, -0.1) is 0 Å². The normalized spacial score (nSPS) is 13.5. The van der Waals surface area contributed by atoms with Crippen molar-refractivity contribution in [2.75, 3.05) is 14.1 Å². The van der Waals surface area contributed by atoms with Gasteiger partial charge >= 0.3 is 0 Å². The predicted octanol–water partition coefficient (Wildman–Crippen LogP) is 1.22. The molecule has 0 aliphatic heterocycles. The average molecular weight is 146 g/mol. The summed E-state index contributed by atoms with van der Waals surface area (Å²) in [4.78, 5) is 0. The van der Waals surface area contributed by atoms with E-state index in [1.165, 1.54) is 0 Å². The van der Waals surface area contributed by atoms with Crippen LogP contribution in [0, 0.1) is 5.41 Å². The molecule has 0 saturated heterocycles. The lowest BCUT2D eigenvalue weighted by Gasteiger charge is -2.22. The molecule has 0 amide bonds. The summed E-state index contributed by atoms with van der Waals surface area (Å²) in [5.74, 6) is 0. The topological polar surface area (TPSA) is 38.0 Å². The van der Waals surface area contributed by atoms with Crippen LogP contribution in [-0.4, -0.2) is 20.1 Å². The number of hydrogen-bond donors (Lipinski definition) is 2. The highest BCUT2D eigenvalue weighted by Crippen LogP contribution is 2.15. The maximum absolute atomic E-state index is 5.57. The molecule has 0 saturated carbocycles. The van der Waals surface area contributed by atoms with Crippen LogP contribution in [0.1, 0.15) is 27.7 Å². The van der Waals surface area contributed by atoms with Crippen LogP contribution < -0.4 is 11.1 Å². The molecule has 2 heteroatoms. The lowest BCUT2D eigenvalue weighted by atomic mass is 9.89. The van der Waals surface area contributed by atoms with E-state index in [1.54, 1.807) is 0 Å². The average Bonchev–Trinajstić information content (AvgIpc) is 1.64. The van der Waals surface area contributed by atoms with Gasteiger partial charge in [-0.1, -0.05) is 20.8 Å². The van der Waals surface area contributed by atoms with Gasteiger partial charge in [0.2, 0.25) is 0 Å². The van der Waals surface area contributed by atoms with Gasteiger partial charge < -0.3 is 11.1 Å². The molecule has 64 valence electrons. The number of nitrogens with two attached hydrogens (primary N) is 1. The second kappa shape index (κ2) is 5.69. The van der Waals surface area contributed by atoms with E-state index in [4.69, 9.17) is 5.73 Å². The van der Waals surface area contributed by atoms with Crippen LogP contribution in [0.15, 0.2) is 0 Å². The first kappa shape index (κ1) is 12.6. The summed E-state index contributed by atoms with van der Waals surface area (Å²) in [7, 11) is 3.75. The number of rotatable bonds is 0. The highest BCUT2D eigenvalue weighted by Gasteiger charge is 2.14. The van der Waals surface area contributed by atoms with Crippen molar-refractivity contribution in [3.05, 3.63) is 0 Å². The van der Waals surface area contributed by atoms with Crippen molar-refractivity contribution < 1.29 is 0 Å². The Labute approximate surface area is 65.2 Å². The Morgan fingerprint density at radius 1 is 1.20 bits per heavy atom. The molecule has 2 nitrogen and oxygen atoms in total. The van der Waals surface area contributed by atoms with Crippen molar-refractivity contribution in [2.45, 2.75) is 33.7 Å². The first-order valence-electron chi connectivity index (χ1n) is 3.70. The van der Waals surface area contributed by atoms with E-state index in [-0.39, 0.29) is 5.41 Å². The first-order valence-corrected chi connectivity index (χ1v) is 3.70. The van der Waals surface area contributed by atoms with Gasteiger partial charge in [-0.3, -0.25) is 0 Å². The van der Waals surface area contributed by atoms with Crippen molar-refractivity contribution in [3.8, 4) is 0 Å². The zero-order chi connectivity index (χ0) is 8.78. The summed E-state index contributed by atoms with van der Waals surface area (Å²) in [5, 5.41) is 2.75. The Morgan fingerprint density at radius 2 is 1.30 bits per heavy atom. The van der Waals surface area contributed by atoms with E-state index in [2.05, 4.69) is 26.1 Å². The minimum Gasteiger partial charge on any atom is -0.327 e. The molecule has 10 heavy (non-hydrogen) atoms. The Bertz CT molecular complexity index is 62.1. The fraction of sp³-hybridized carbons (Fsp3) is 1.00. The Morgan fingerprint density at radius 3 is 1.30 bits per heavy atom. The van der Waals surface area contributed by atoms with Gasteiger partial charge in [0.15, 0.2) is 0 Å². The number of nitrogens with one attached hydrogen (secondary N) is 1. The summed E-state index contributed by atoms with van der Waals surface area (Å²) in [6.07, 6.45) is 0. The van der Waals surface area contributed by atoms with Gasteiger partial charge in [-0.05, 0) is 26.4 Å². The van der Waals surface area contributed by atoms with Crippen LogP contribution in [0.5, 0.6) is 0 Å². The van der Waals surface area contributed by atoms with Crippen LogP contribution in [0.25, 0.3) is 0 Å². The van der Waals surface area contributed by atoms with Gasteiger partial charge in [0.1, 0.15) is 0 Å². The Hall–Kier alpha value is -0.0800. The van der Waals surface area contributed by atoms with Crippen molar-refractivity contribution >= 4 is 0 Å². The molecule has 0 aromatic heterocycles. The van der Waals surface area contributed by atoms with Crippen molar-refractivity contribution in [1.29, 1.82) is 0 Å². The van der Waals surface area contributed by atoms with Crippen LogP contribution in [0.4, 0.5) is 0 Å². The maximum Gasteiger partial charge on any atom is 0.00591 e. The van der Waals surface area contributed by atoms with E-state index >= 15 is 0 Å². The Kier molecular flexibility index (Phi) is 7.15. The molecule has 0 aromatic carbocycles. The SMILES string of the molecule is CC(N)C(C)(C)C.CNC. The van der Waals surface area contributed by atoms with Crippen molar-refractivity contribution in [3.63, 3.8) is 0 Å². The molecule has 1 unspecified atom stereocenters. The summed E-state index contributed by atoms with van der Waals surface area (Å²) in [6, 6.07) is 0.299. The third-order valence-corrected chi connectivity index (χ3v) is 1.37. The van der Waals surface area contributed by atoms with E-state index < -0.39 is 0 Å². The molecule has 3 N–H and O–H groups in total. The summed E-state index contributed by atoms with van der Waals surface area (Å²) in [5.41, 5.74) is 5.85. The van der Waals surface area contributed by atoms with Gasteiger partial charge in [0, 0.05) is 6.04 Å². The predicted molar refractivity (Wildman–Crippen MR) is 48.1 cm³/mol. The summed E-state index contributed by atoms with van der Waals surface area (Å²) in [6.45, 7) is 8.44. The monoisotopic (exact) mass is 146 g/mol. The molecule has 0 heterocycles. The third-order valence-electron chi connectivity index (χ3n) is 1.37. The molecule has 0 aromatic rings. The second-order valence-corrected chi connectivity index (χ2v) is 3.65. The van der Waals surface area contributed by atoms with Gasteiger partial charge in [0.05, 0.1) is 0 Å². The molecule has 0 radical (unpaired) electrons. The molecular weight excluding hydrogens is 124 g/mol. The van der Waals surface area contributed by atoms with E-state index in [1.807, 2.05) is 21.0 Å². The van der Waals surface area contributed by atoms with Crippen LogP contribution >= 0.6 is 0 Å². The smallest absolute Gasteiger partial charge is 0.00591 e. The summed E-state index contributed by atoms with van der Waals surface area (Å²) >= 11 is 0. The number of hydrogen-bond acceptors (Lipinski definition) is 2. The van der Waals surface area contributed by atoms with Crippen molar-refractivity contribution in [1.82, 2.24) is 5.32 Å². The largest absolute Gasteiger partial charge is 0.327 e. The molecule has 0 fully saturated rings. The van der Waals surface area contributed by atoms with E-state index in [0.29, 0.717) is 6.04 Å². The summed E-state index contributed by atoms with van der Waals surface area (Å²) < 4.78 is 0. The molecule has 0 bridgehead atoms. The zero-order valence-corrected chi connectivity index (χ0v) is 8.15. The van der Waals surface area contributed by atoms with Crippen LogP contribution in [0.2, 0.25) is 0 Å². The highest BCUT2D eigenvalue weighted by molar-refractivity contribution is 4.70. The Balaban J connectivity index is 0. The molecule has 0 aliphatic rings. The molecule has 0 spiro atoms. The zero-order valence-electron chi connectivity index (χ0n) is 8.15. The standard InChI is InChI=1S/C6H15N.C2H7N/c1-5(7)6(2,3)4;1-3-2/h5H,7H2,1-4H3;3H,1-2H3. The fourth-order valence-corrected chi connectivity index (χ4v) is 0. The van der Waals surface area contributed by atoms with Crippen molar-refractivity contribution in [2.24, 2.45) is 11.1 Å². The minimum atomic E-state index is 0.278. The molecule has 0 aliphatic carbocycles. The minimum absolute atomic E-state index is 0.278. The molecule has 0 rings (SSSR count). The van der Waals surface area contributed by atoms with Gasteiger partial charge in [0.25, 0.3) is 0 Å². The fourth-order valence-electron chi connectivity index (χ4n) is 0. The first-order chi connectivity index (χ1) is 4.36. The molecule has 1 atom stereocenters. The van der Waals surface area contributed by atoms with E-state index in [0.717, 1.165) is 0 Å². The third kappa shape index (κ3) is 10.8. The maximum atomic E-state index is 5.57.